The molecule has 0 aliphatic carbocycles. The van der Waals surface area contributed by atoms with E-state index in [0.29, 0.717) is 16.5 Å². The smallest absolute Gasteiger partial charge is 0.261 e. The molecular formula is C21H23N5OS. The van der Waals surface area contributed by atoms with Gasteiger partial charge in [-0.15, -0.1) is 0 Å². The highest BCUT2D eigenvalue weighted by Gasteiger charge is 2.24. The Morgan fingerprint density at radius 3 is 2.43 bits per heavy atom. The molecule has 0 saturated carbocycles. The maximum Gasteiger partial charge on any atom is 0.261 e. The Kier molecular flexibility index (Phi) is 5.36. The monoisotopic (exact) mass is 393 g/mol. The number of piperazine rings is 1. The molecule has 3 aromatic rings. The van der Waals surface area contributed by atoms with Crippen molar-refractivity contribution < 1.29 is 4.79 Å². The molecule has 0 spiro atoms. The van der Waals surface area contributed by atoms with Crippen LogP contribution in [-0.4, -0.2) is 60.4 Å². The lowest BCUT2D eigenvalue weighted by Crippen LogP contribution is -2.45. The van der Waals surface area contributed by atoms with E-state index in [0.717, 1.165) is 37.4 Å². The number of carbonyl (C=O) groups excluding carboxylic acids is 1. The van der Waals surface area contributed by atoms with Crippen molar-refractivity contribution in [3.8, 4) is 11.4 Å². The number of aromatic nitrogens is 2. The van der Waals surface area contributed by atoms with E-state index in [4.69, 9.17) is 0 Å². The molecule has 1 aliphatic rings. The SMILES string of the molecule is CN1CCN(c2ccccc2C(=O)N(C)c2nc(-c3ccccc3)ns2)CC1. The maximum absolute atomic E-state index is 13.2. The standard InChI is InChI=1S/C21H23N5OS/c1-24-12-14-26(15-13-24)18-11-7-6-10-17(18)20(27)25(2)21-22-19(23-28-21)16-8-4-3-5-9-16/h3-11H,12-15H2,1-2H3. The minimum absolute atomic E-state index is 0.0645. The number of anilines is 2. The molecule has 0 N–H and O–H groups in total. The third kappa shape index (κ3) is 3.76. The number of carbonyl (C=O) groups is 1. The molecule has 1 aromatic heterocycles. The highest BCUT2D eigenvalue weighted by Crippen LogP contribution is 2.27. The Bertz CT molecular complexity index is 950. The average Bonchev–Trinajstić information content (AvgIpc) is 3.24. The lowest BCUT2D eigenvalue weighted by atomic mass is 10.1. The highest BCUT2D eigenvalue weighted by molar-refractivity contribution is 7.10. The second-order valence-corrected chi connectivity index (χ2v) is 7.67. The molecule has 2 aromatic carbocycles. The van der Waals surface area contributed by atoms with Gasteiger partial charge in [-0.1, -0.05) is 42.5 Å². The number of nitrogens with zero attached hydrogens (tertiary/aromatic N) is 5. The summed E-state index contributed by atoms with van der Waals surface area (Å²) < 4.78 is 4.42. The summed E-state index contributed by atoms with van der Waals surface area (Å²) in [6.45, 7) is 3.83. The Balaban J connectivity index is 1.57. The molecule has 1 amide bonds. The third-order valence-corrected chi connectivity index (χ3v) is 5.81. The van der Waals surface area contributed by atoms with Gasteiger partial charge in [0.05, 0.1) is 5.56 Å². The first kappa shape index (κ1) is 18.6. The third-order valence-electron chi connectivity index (χ3n) is 5.02. The number of para-hydroxylation sites is 1. The van der Waals surface area contributed by atoms with Gasteiger partial charge in [0.1, 0.15) is 0 Å². The average molecular weight is 394 g/mol. The molecule has 4 rings (SSSR count). The van der Waals surface area contributed by atoms with Crippen LogP contribution in [-0.2, 0) is 0 Å². The maximum atomic E-state index is 13.2. The topological polar surface area (TPSA) is 52.6 Å². The summed E-state index contributed by atoms with van der Waals surface area (Å²) in [5.41, 5.74) is 2.63. The van der Waals surface area contributed by atoms with Gasteiger partial charge >= 0.3 is 0 Å². The van der Waals surface area contributed by atoms with Gasteiger partial charge in [0.15, 0.2) is 5.82 Å². The van der Waals surface area contributed by atoms with Crippen LogP contribution in [0.3, 0.4) is 0 Å². The largest absolute Gasteiger partial charge is 0.368 e. The van der Waals surface area contributed by atoms with Crippen molar-refractivity contribution in [3.05, 3.63) is 60.2 Å². The van der Waals surface area contributed by atoms with Gasteiger partial charge in [0.2, 0.25) is 5.13 Å². The second-order valence-electron chi connectivity index (χ2n) is 6.94. The number of likely N-dealkylation sites (N-methyl/N-ethyl adjacent to an activating group) is 1. The van der Waals surface area contributed by atoms with Gasteiger partial charge in [-0.25, -0.2) is 0 Å². The van der Waals surface area contributed by atoms with Crippen LogP contribution in [0.4, 0.5) is 10.8 Å². The summed E-state index contributed by atoms with van der Waals surface area (Å²) >= 11 is 1.24. The number of hydrogen-bond donors (Lipinski definition) is 0. The molecule has 2 heterocycles. The first-order valence-electron chi connectivity index (χ1n) is 9.33. The van der Waals surface area contributed by atoms with Gasteiger partial charge in [-0.05, 0) is 19.2 Å². The van der Waals surface area contributed by atoms with Gasteiger partial charge in [-0.2, -0.15) is 9.36 Å². The second kappa shape index (κ2) is 8.08. The van der Waals surface area contributed by atoms with Crippen LogP contribution in [0.2, 0.25) is 0 Å². The molecule has 7 heteroatoms. The van der Waals surface area contributed by atoms with E-state index >= 15 is 0 Å². The molecule has 144 valence electrons. The summed E-state index contributed by atoms with van der Waals surface area (Å²) in [5, 5.41) is 0.594. The van der Waals surface area contributed by atoms with Crippen LogP contribution in [0.5, 0.6) is 0 Å². The first-order valence-corrected chi connectivity index (χ1v) is 10.1. The van der Waals surface area contributed by atoms with Crippen LogP contribution in [0.15, 0.2) is 54.6 Å². The van der Waals surface area contributed by atoms with E-state index in [9.17, 15) is 4.79 Å². The number of hydrogen-bond acceptors (Lipinski definition) is 6. The predicted octanol–water partition coefficient (Wildman–Crippen LogP) is 3.23. The summed E-state index contributed by atoms with van der Waals surface area (Å²) in [4.78, 5) is 24.0. The molecule has 1 saturated heterocycles. The summed E-state index contributed by atoms with van der Waals surface area (Å²) in [7, 11) is 3.89. The van der Waals surface area contributed by atoms with Crippen molar-refractivity contribution in [3.63, 3.8) is 0 Å². The zero-order chi connectivity index (χ0) is 19.5. The van der Waals surface area contributed by atoms with Crippen LogP contribution >= 0.6 is 11.5 Å². The van der Waals surface area contributed by atoms with Gasteiger partial charge < -0.3 is 9.80 Å². The molecule has 28 heavy (non-hydrogen) atoms. The van der Waals surface area contributed by atoms with Crippen molar-refractivity contribution in [1.29, 1.82) is 0 Å². The van der Waals surface area contributed by atoms with Crippen molar-refractivity contribution in [1.82, 2.24) is 14.3 Å². The van der Waals surface area contributed by atoms with E-state index in [2.05, 4.69) is 26.2 Å². The number of benzene rings is 2. The van der Waals surface area contributed by atoms with E-state index in [1.165, 1.54) is 11.5 Å². The van der Waals surface area contributed by atoms with Crippen LogP contribution in [0, 0.1) is 0 Å². The fourth-order valence-corrected chi connectivity index (χ4v) is 3.95. The van der Waals surface area contributed by atoms with Crippen LogP contribution < -0.4 is 9.80 Å². The van der Waals surface area contributed by atoms with E-state index in [1.54, 1.807) is 11.9 Å². The molecular weight excluding hydrogens is 370 g/mol. The lowest BCUT2D eigenvalue weighted by Gasteiger charge is -2.35. The van der Waals surface area contributed by atoms with Crippen LogP contribution in [0.1, 0.15) is 10.4 Å². The highest BCUT2D eigenvalue weighted by atomic mass is 32.1. The van der Waals surface area contributed by atoms with Gasteiger partial charge in [0, 0.05) is 56.0 Å². The Hall–Kier alpha value is -2.77. The summed E-state index contributed by atoms with van der Waals surface area (Å²) in [5.74, 6) is 0.581. The molecule has 0 unspecified atom stereocenters. The fourth-order valence-electron chi connectivity index (χ4n) is 3.30. The van der Waals surface area contributed by atoms with E-state index in [1.807, 2.05) is 54.6 Å². The van der Waals surface area contributed by atoms with Crippen molar-refractivity contribution in [2.45, 2.75) is 0 Å². The quantitative estimate of drug-likeness (QED) is 0.681. The Morgan fingerprint density at radius 1 is 1.00 bits per heavy atom. The fraction of sp³-hybridized carbons (Fsp3) is 0.286. The number of rotatable bonds is 4. The van der Waals surface area contributed by atoms with Crippen LogP contribution in [0.25, 0.3) is 11.4 Å². The van der Waals surface area contributed by atoms with Crippen molar-refractivity contribution in [2.75, 3.05) is 50.1 Å². The molecule has 0 radical (unpaired) electrons. The first-order chi connectivity index (χ1) is 13.6. The molecule has 1 fully saturated rings. The van der Waals surface area contributed by atoms with Gasteiger partial charge in [-0.3, -0.25) is 9.69 Å². The molecule has 0 bridgehead atoms. The summed E-state index contributed by atoms with van der Waals surface area (Å²) in [6.07, 6.45) is 0. The minimum atomic E-state index is -0.0645. The van der Waals surface area contributed by atoms with E-state index < -0.39 is 0 Å². The molecule has 0 atom stereocenters. The lowest BCUT2D eigenvalue weighted by molar-refractivity contribution is 0.0993. The molecule has 6 nitrogen and oxygen atoms in total. The Morgan fingerprint density at radius 2 is 1.68 bits per heavy atom. The predicted molar refractivity (Wildman–Crippen MR) is 114 cm³/mol. The minimum Gasteiger partial charge on any atom is -0.368 e. The normalized spacial score (nSPS) is 14.9. The Labute approximate surface area is 169 Å². The van der Waals surface area contributed by atoms with E-state index in [-0.39, 0.29) is 5.91 Å². The van der Waals surface area contributed by atoms with Gasteiger partial charge in [0.25, 0.3) is 5.91 Å². The summed E-state index contributed by atoms with van der Waals surface area (Å²) in [6, 6.07) is 17.6. The zero-order valence-electron chi connectivity index (χ0n) is 16.1. The van der Waals surface area contributed by atoms with Crippen molar-refractivity contribution >= 4 is 28.3 Å². The zero-order valence-corrected chi connectivity index (χ0v) is 16.9. The van der Waals surface area contributed by atoms with Crippen molar-refractivity contribution in [2.24, 2.45) is 0 Å². The number of amides is 1. The molecule has 1 aliphatic heterocycles.